The van der Waals surface area contributed by atoms with Crippen LogP contribution in [0.3, 0.4) is 0 Å². The molecule has 0 aliphatic heterocycles. The van der Waals surface area contributed by atoms with E-state index in [-0.39, 0.29) is 18.6 Å². The van der Waals surface area contributed by atoms with Crippen LogP contribution < -0.4 is 16.0 Å². The molecule has 0 aliphatic carbocycles. The van der Waals surface area contributed by atoms with E-state index in [1.165, 1.54) is 13.0 Å². The zero-order valence-electron chi connectivity index (χ0n) is 13.6. The van der Waals surface area contributed by atoms with E-state index >= 15 is 0 Å². The lowest BCUT2D eigenvalue weighted by Crippen LogP contribution is -2.46. The number of phenols is 1. The molecule has 128 valence electrons. The molecule has 0 saturated heterocycles. The minimum Gasteiger partial charge on any atom is -0.548 e. The molecular weight excluding hydrogens is 314 g/mol. The third-order valence-electron chi connectivity index (χ3n) is 4.01. The number of carbonyl (C=O) groups is 2. The van der Waals surface area contributed by atoms with Crippen LogP contribution in [0.1, 0.15) is 30.0 Å². The van der Waals surface area contributed by atoms with Gasteiger partial charge in [0.05, 0.1) is 12.0 Å². The van der Waals surface area contributed by atoms with Gasteiger partial charge in [-0.3, -0.25) is 4.79 Å². The largest absolute Gasteiger partial charge is 0.548 e. The number of aryl methyl sites for hydroxylation is 2. The average Bonchev–Trinajstić information content (AvgIpc) is 2.51. The van der Waals surface area contributed by atoms with Crippen molar-refractivity contribution in [3.8, 4) is 5.75 Å². The van der Waals surface area contributed by atoms with Gasteiger partial charge >= 0.3 is 5.63 Å². The SMILES string of the molecule is Cc1c(CCC(=O)N[C@@H](C)C(=O)[O-])c(=O)oc2c(C)c(O)ccc12. The van der Waals surface area contributed by atoms with E-state index in [0.717, 1.165) is 0 Å². The van der Waals surface area contributed by atoms with Crippen molar-refractivity contribution < 1.29 is 24.2 Å². The van der Waals surface area contributed by atoms with Crippen LogP contribution in [0.4, 0.5) is 0 Å². The molecule has 0 unspecified atom stereocenters. The molecule has 1 aromatic carbocycles. The Balaban J connectivity index is 2.27. The standard InChI is InChI=1S/C17H19NO6/c1-8-11-4-6-13(19)9(2)15(11)24-17(23)12(8)5-7-14(20)18-10(3)16(21)22/h4,6,10,19H,5,7H2,1-3H3,(H,18,20)(H,21,22)/p-1/t10-/m0/s1. The number of hydrogen-bond donors (Lipinski definition) is 2. The van der Waals surface area contributed by atoms with Crippen molar-refractivity contribution in [2.75, 3.05) is 0 Å². The molecule has 1 heterocycles. The maximum Gasteiger partial charge on any atom is 0.339 e. The lowest BCUT2D eigenvalue weighted by molar-refractivity contribution is -0.307. The second-order valence-corrected chi connectivity index (χ2v) is 5.69. The summed E-state index contributed by atoms with van der Waals surface area (Å²) >= 11 is 0. The summed E-state index contributed by atoms with van der Waals surface area (Å²) in [7, 11) is 0. The maximum atomic E-state index is 12.2. The Morgan fingerprint density at radius 2 is 1.96 bits per heavy atom. The highest BCUT2D eigenvalue weighted by atomic mass is 16.4. The number of fused-ring (bicyclic) bond motifs is 1. The highest BCUT2D eigenvalue weighted by molar-refractivity contribution is 5.86. The van der Waals surface area contributed by atoms with E-state index < -0.39 is 23.5 Å². The van der Waals surface area contributed by atoms with Gasteiger partial charge in [0, 0.05) is 22.9 Å². The Bertz CT molecular complexity index is 867. The number of phenolic OH excluding ortho intramolecular Hbond substituents is 1. The number of aliphatic carboxylic acids is 1. The number of aromatic hydroxyl groups is 1. The first-order valence-electron chi connectivity index (χ1n) is 7.47. The molecule has 1 amide bonds. The van der Waals surface area contributed by atoms with E-state index in [9.17, 15) is 24.6 Å². The van der Waals surface area contributed by atoms with E-state index in [2.05, 4.69) is 5.32 Å². The molecule has 0 aliphatic rings. The monoisotopic (exact) mass is 332 g/mol. The number of benzene rings is 1. The average molecular weight is 332 g/mol. The number of rotatable bonds is 5. The van der Waals surface area contributed by atoms with Crippen molar-refractivity contribution in [3.05, 3.63) is 39.2 Å². The number of amides is 1. The summed E-state index contributed by atoms with van der Waals surface area (Å²) in [5, 5.41) is 23.3. The molecule has 2 aromatic rings. The molecule has 0 spiro atoms. The van der Waals surface area contributed by atoms with Crippen LogP contribution in [0.2, 0.25) is 0 Å². The Morgan fingerprint density at radius 3 is 2.58 bits per heavy atom. The highest BCUT2D eigenvalue weighted by Crippen LogP contribution is 2.28. The topological polar surface area (TPSA) is 120 Å². The van der Waals surface area contributed by atoms with Crippen molar-refractivity contribution in [2.24, 2.45) is 0 Å². The van der Waals surface area contributed by atoms with Crippen molar-refractivity contribution in [3.63, 3.8) is 0 Å². The van der Waals surface area contributed by atoms with Crippen LogP contribution in [-0.4, -0.2) is 23.0 Å². The quantitative estimate of drug-likeness (QED) is 0.760. The summed E-state index contributed by atoms with van der Waals surface area (Å²) in [6.45, 7) is 4.69. The number of carbonyl (C=O) groups excluding carboxylic acids is 2. The molecule has 0 fully saturated rings. The Labute approximate surface area is 137 Å². The molecular formula is C17H18NO6-. The van der Waals surface area contributed by atoms with Crippen molar-refractivity contribution in [2.45, 2.75) is 39.7 Å². The molecule has 1 aromatic heterocycles. The first kappa shape index (κ1) is 17.5. The van der Waals surface area contributed by atoms with Gasteiger partial charge in [0.25, 0.3) is 0 Å². The molecule has 2 rings (SSSR count). The normalized spacial score (nSPS) is 12.1. The van der Waals surface area contributed by atoms with Gasteiger partial charge in [0.1, 0.15) is 11.3 Å². The van der Waals surface area contributed by atoms with E-state index in [1.807, 2.05) is 0 Å². The molecule has 0 bridgehead atoms. The van der Waals surface area contributed by atoms with Crippen LogP contribution in [-0.2, 0) is 16.0 Å². The molecule has 2 N–H and O–H groups in total. The first-order chi connectivity index (χ1) is 11.2. The zero-order chi connectivity index (χ0) is 18.0. The van der Waals surface area contributed by atoms with Gasteiger partial charge < -0.3 is 24.7 Å². The Kier molecular flexibility index (Phi) is 4.92. The second kappa shape index (κ2) is 6.74. The van der Waals surface area contributed by atoms with Crippen molar-refractivity contribution in [1.29, 1.82) is 0 Å². The number of carboxylic acids is 1. The fourth-order valence-corrected chi connectivity index (χ4v) is 2.48. The third kappa shape index (κ3) is 3.40. The summed E-state index contributed by atoms with van der Waals surface area (Å²) in [6.07, 6.45) is 0.0709. The third-order valence-corrected chi connectivity index (χ3v) is 4.01. The van der Waals surface area contributed by atoms with Crippen LogP contribution in [0.5, 0.6) is 5.75 Å². The van der Waals surface area contributed by atoms with Gasteiger partial charge in [-0.05, 0) is 44.9 Å². The van der Waals surface area contributed by atoms with Crippen LogP contribution >= 0.6 is 0 Å². The summed E-state index contributed by atoms with van der Waals surface area (Å²) < 4.78 is 5.29. The summed E-state index contributed by atoms with van der Waals surface area (Å²) in [5.74, 6) is -1.83. The molecule has 1 atom stereocenters. The fourth-order valence-electron chi connectivity index (χ4n) is 2.48. The summed E-state index contributed by atoms with van der Waals surface area (Å²) in [4.78, 5) is 34.5. The fraction of sp³-hybridized carbons (Fsp3) is 0.353. The summed E-state index contributed by atoms with van der Waals surface area (Å²) in [6, 6.07) is 2.07. The van der Waals surface area contributed by atoms with Crippen LogP contribution in [0, 0.1) is 13.8 Å². The first-order valence-corrected chi connectivity index (χ1v) is 7.47. The predicted octanol–water partition coefficient (Wildman–Crippen LogP) is 0.303. The lowest BCUT2D eigenvalue weighted by Gasteiger charge is -2.15. The van der Waals surface area contributed by atoms with Crippen molar-refractivity contribution >= 4 is 22.8 Å². The molecule has 0 radical (unpaired) electrons. The molecule has 24 heavy (non-hydrogen) atoms. The minimum atomic E-state index is -1.37. The lowest BCUT2D eigenvalue weighted by atomic mass is 10.0. The van der Waals surface area contributed by atoms with Crippen LogP contribution in [0.25, 0.3) is 11.0 Å². The van der Waals surface area contributed by atoms with E-state index in [4.69, 9.17) is 4.42 Å². The van der Waals surface area contributed by atoms with E-state index in [0.29, 0.717) is 27.7 Å². The molecule has 0 saturated carbocycles. The predicted molar refractivity (Wildman–Crippen MR) is 84.6 cm³/mol. The molecule has 7 nitrogen and oxygen atoms in total. The van der Waals surface area contributed by atoms with Gasteiger partial charge in [-0.25, -0.2) is 4.79 Å². The van der Waals surface area contributed by atoms with Crippen molar-refractivity contribution in [1.82, 2.24) is 5.32 Å². The summed E-state index contributed by atoms with van der Waals surface area (Å²) in [5.41, 5.74) is 1.24. The van der Waals surface area contributed by atoms with Gasteiger partial charge in [0.15, 0.2) is 0 Å². The number of carboxylic acid groups (broad SMARTS) is 1. The van der Waals surface area contributed by atoms with Gasteiger partial charge in [-0.2, -0.15) is 0 Å². The van der Waals surface area contributed by atoms with E-state index in [1.54, 1.807) is 19.9 Å². The highest BCUT2D eigenvalue weighted by Gasteiger charge is 2.16. The van der Waals surface area contributed by atoms with Crippen LogP contribution in [0.15, 0.2) is 21.3 Å². The second-order valence-electron chi connectivity index (χ2n) is 5.69. The van der Waals surface area contributed by atoms with Gasteiger partial charge in [-0.15, -0.1) is 0 Å². The minimum absolute atomic E-state index is 0.0356. The zero-order valence-corrected chi connectivity index (χ0v) is 13.6. The van der Waals surface area contributed by atoms with Gasteiger partial charge in [-0.1, -0.05) is 0 Å². The maximum absolute atomic E-state index is 12.2. The molecule has 7 heteroatoms. The smallest absolute Gasteiger partial charge is 0.339 e. The Hall–Kier alpha value is -2.83. The number of hydrogen-bond acceptors (Lipinski definition) is 6. The van der Waals surface area contributed by atoms with Gasteiger partial charge in [0.2, 0.25) is 5.91 Å². The Morgan fingerprint density at radius 1 is 1.29 bits per heavy atom. The number of nitrogens with one attached hydrogen (secondary N) is 1.